The van der Waals surface area contributed by atoms with Crippen LogP contribution in [0.5, 0.6) is 0 Å². The standard InChI is InChI=1S/C12H18BrN5/c1-3-18-11(12(13)9(2)16-18)8-17-5-4-15-7-10(17)6-14/h10,15H,3-5,7-8H2,1-2H3. The molecule has 1 atom stereocenters. The zero-order chi connectivity index (χ0) is 13.1. The van der Waals surface area contributed by atoms with Crippen molar-refractivity contribution >= 4 is 15.9 Å². The van der Waals surface area contributed by atoms with Gasteiger partial charge < -0.3 is 5.32 Å². The van der Waals surface area contributed by atoms with Crippen molar-refractivity contribution in [3.63, 3.8) is 0 Å². The van der Waals surface area contributed by atoms with E-state index >= 15 is 0 Å². The summed E-state index contributed by atoms with van der Waals surface area (Å²) in [7, 11) is 0. The molecule has 1 fully saturated rings. The molecule has 0 radical (unpaired) electrons. The van der Waals surface area contributed by atoms with Crippen molar-refractivity contribution < 1.29 is 0 Å². The molecule has 1 N–H and O–H groups in total. The van der Waals surface area contributed by atoms with E-state index in [1.165, 1.54) is 0 Å². The minimum Gasteiger partial charge on any atom is -0.313 e. The minimum absolute atomic E-state index is 0.0498. The van der Waals surface area contributed by atoms with Crippen molar-refractivity contribution in [2.24, 2.45) is 0 Å². The third-order valence-corrected chi connectivity index (χ3v) is 4.34. The van der Waals surface area contributed by atoms with Gasteiger partial charge in [-0.3, -0.25) is 9.58 Å². The molecular formula is C12H18BrN5. The molecule has 2 heterocycles. The molecule has 0 bridgehead atoms. The van der Waals surface area contributed by atoms with Crippen molar-refractivity contribution in [1.29, 1.82) is 5.26 Å². The fourth-order valence-corrected chi connectivity index (χ4v) is 2.68. The maximum Gasteiger partial charge on any atom is 0.111 e. The molecule has 5 nitrogen and oxygen atoms in total. The van der Waals surface area contributed by atoms with Gasteiger partial charge in [-0.05, 0) is 29.8 Å². The van der Waals surface area contributed by atoms with Gasteiger partial charge in [0.1, 0.15) is 6.04 Å². The van der Waals surface area contributed by atoms with Crippen molar-refractivity contribution in [3.05, 3.63) is 15.9 Å². The molecule has 0 aromatic carbocycles. The lowest BCUT2D eigenvalue weighted by Gasteiger charge is -2.31. The first-order valence-corrected chi connectivity index (χ1v) is 7.02. The molecule has 1 saturated heterocycles. The van der Waals surface area contributed by atoms with Crippen molar-refractivity contribution in [1.82, 2.24) is 20.0 Å². The van der Waals surface area contributed by atoms with Crippen LogP contribution >= 0.6 is 15.9 Å². The molecule has 18 heavy (non-hydrogen) atoms. The van der Waals surface area contributed by atoms with Gasteiger partial charge in [0.2, 0.25) is 0 Å². The van der Waals surface area contributed by atoms with Crippen LogP contribution in [0.15, 0.2) is 4.47 Å². The lowest BCUT2D eigenvalue weighted by atomic mass is 10.2. The van der Waals surface area contributed by atoms with E-state index in [2.05, 4.69) is 44.2 Å². The molecule has 1 aliphatic rings. The van der Waals surface area contributed by atoms with E-state index in [-0.39, 0.29) is 6.04 Å². The second-order valence-corrected chi connectivity index (χ2v) is 5.27. The Morgan fingerprint density at radius 1 is 1.61 bits per heavy atom. The van der Waals surface area contributed by atoms with Crippen LogP contribution in [-0.2, 0) is 13.1 Å². The van der Waals surface area contributed by atoms with E-state index in [9.17, 15) is 5.26 Å². The third kappa shape index (κ3) is 2.58. The number of aryl methyl sites for hydroxylation is 2. The lowest BCUT2D eigenvalue weighted by Crippen LogP contribution is -2.50. The van der Waals surface area contributed by atoms with Crippen LogP contribution in [0, 0.1) is 18.3 Å². The number of piperazine rings is 1. The highest BCUT2D eigenvalue weighted by atomic mass is 79.9. The molecule has 1 aromatic rings. The summed E-state index contributed by atoms with van der Waals surface area (Å²) in [5.41, 5.74) is 2.17. The number of halogens is 1. The Hall–Kier alpha value is -0.900. The summed E-state index contributed by atoms with van der Waals surface area (Å²) in [4.78, 5) is 2.21. The zero-order valence-electron chi connectivity index (χ0n) is 10.8. The smallest absolute Gasteiger partial charge is 0.111 e. The Balaban J connectivity index is 2.20. The first kappa shape index (κ1) is 13.5. The van der Waals surface area contributed by atoms with Gasteiger partial charge in [-0.1, -0.05) is 0 Å². The Morgan fingerprint density at radius 2 is 2.39 bits per heavy atom. The van der Waals surface area contributed by atoms with Gasteiger partial charge in [0.25, 0.3) is 0 Å². The largest absolute Gasteiger partial charge is 0.313 e. The minimum atomic E-state index is -0.0498. The van der Waals surface area contributed by atoms with E-state index in [4.69, 9.17) is 0 Å². The normalized spacial score (nSPS) is 20.9. The topological polar surface area (TPSA) is 56.9 Å². The Labute approximate surface area is 116 Å². The van der Waals surface area contributed by atoms with Crippen molar-refractivity contribution in [2.45, 2.75) is 33.0 Å². The van der Waals surface area contributed by atoms with Gasteiger partial charge in [0.05, 0.1) is 21.9 Å². The van der Waals surface area contributed by atoms with E-state index in [1.807, 2.05) is 11.6 Å². The highest BCUT2D eigenvalue weighted by Crippen LogP contribution is 2.23. The van der Waals surface area contributed by atoms with Crippen molar-refractivity contribution in [2.75, 3.05) is 19.6 Å². The fraction of sp³-hybridized carbons (Fsp3) is 0.667. The Kier molecular flexibility index (Phi) is 4.38. The highest BCUT2D eigenvalue weighted by molar-refractivity contribution is 9.10. The first-order chi connectivity index (χ1) is 8.67. The van der Waals surface area contributed by atoms with Crippen LogP contribution < -0.4 is 5.32 Å². The average Bonchev–Trinajstić information content (AvgIpc) is 2.67. The molecule has 0 amide bonds. The Morgan fingerprint density at radius 3 is 3.06 bits per heavy atom. The molecule has 6 heteroatoms. The first-order valence-electron chi connectivity index (χ1n) is 6.23. The summed E-state index contributed by atoms with van der Waals surface area (Å²) in [5.74, 6) is 0. The van der Waals surface area contributed by atoms with Gasteiger partial charge in [-0.25, -0.2) is 0 Å². The lowest BCUT2D eigenvalue weighted by molar-refractivity contribution is 0.184. The van der Waals surface area contributed by atoms with Crippen molar-refractivity contribution in [3.8, 4) is 6.07 Å². The SMILES string of the molecule is CCn1nc(C)c(Br)c1CN1CCNCC1C#N. The molecule has 1 unspecified atom stereocenters. The van der Waals surface area contributed by atoms with Crippen LogP contribution in [0.3, 0.4) is 0 Å². The summed E-state index contributed by atoms with van der Waals surface area (Å²) in [6, 6.07) is 2.31. The number of hydrogen-bond donors (Lipinski definition) is 1. The van der Waals surface area contributed by atoms with Gasteiger partial charge >= 0.3 is 0 Å². The van der Waals surface area contributed by atoms with Gasteiger partial charge in [-0.2, -0.15) is 10.4 Å². The number of nitrogens with one attached hydrogen (secondary N) is 1. The maximum absolute atomic E-state index is 9.17. The third-order valence-electron chi connectivity index (χ3n) is 3.31. The second-order valence-electron chi connectivity index (χ2n) is 4.48. The van der Waals surface area contributed by atoms with Crippen LogP contribution in [0.25, 0.3) is 0 Å². The quantitative estimate of drug-likeness (QED) is 0.913. The molecule has 0 aliphatic carbocycles. The molecule has 1 aromatic heterocycles. The van der Waals surface area contributed by atoms with Crippen LogP contribution in [0.2, 0.25) is 0 Å². The monoisotopic (exact) mass is 311 g/mol. The number of nitrogens with zero attached hydrogens (tertiary/aromatic N) is 4. The van der Waals surface area contributed by atoms with Gasteiger partial charge in [0.15, 0.2) is 0 Å². The average molecular weight is 312 g/mol. The molecule has 0 spiro atoms. The predicted octanol–water partition coefficient (Wildman–Crippen LogP) is 1.27. The number of rotatable bonds is 3. The van der Waals surface area contributed by atoms with Crippen LogP contribution in [0.1, 0.15) is 18.3 Å². The van der Waals surface area contributed by atoms with Crippen LogP contribution in [0.4, 0.5) is 0 Å². The highest BCUT2D eigenvalue weighted by Gasteiger charge is 2.24. The summed E-state index contributed by atoms with van der Waals surface area (Å²) in [5, 5.41) is 16.9. The van der Waals surface area contributed by atoms with E-state index < -0.39 is 0 Å². The zero-order valence-corrected chi connectivity index (χ0v) is 12.4. The molecule has 0 saturated carbocycles. The predicted molar refractivity (Wildman–Crippen MR) is 73.0 cm³/mol. The number of hydrogen-bond acceptors (Lipinski definition) is 4. The summed E-state index contributed by atoms with van der Waals surface area (Å²) < 4.78 is 3.08. The molecule has 98 valence electrons. The number of nitriles is 1. The van der Waals surface area contributed by atoms with Crippen LogP contribution in [-0.4, -0.2) is 40.4 Å². The Bertz CT molecular complexity index is 462. The fourth-order valence-electron chi connectivity index (χ4n) is 2.28. The molecule has 1 aliphatic heterocycles. The molecule has 2 rings (SSSR count). The van der Waals surface area contributed by atoms with E-state index in [1.54, 1.807) is 0 Å². The van der Waals surface area contributed by atoms with E-state index in [0.29, 0.717) is 0 Å². The number of aromatic nitrogens is 2. The van der Waals surface area contributed by atoms with Gasteiger partial charge in [-0.15, -0.1) is 0 Å². The van der Waals surface area contributed by atoms with Gasteiger partial charge in [0, 0.05) is 32.7 Å². The summed E-state index contributed by atoms with van der Waals surface area (Å²) in [6.45, 7) is 8.29. The molecular weight excluding hydrogens is 294 g/mol. The maximum atomic E-state index is 9.17. The second kappa shape index (κ2) is 5.83. The van der Waals surface area contributed by atoms with E-state index in [0.717, 1.165) is 48.6 Å². The summed E-state index contributed by atoms with van der Waals surface area (Å²) in [6.07, 6.45) is 0. The summed E-state index contributed by atoms with van der Waals surface area (Å²) >= 11 is 3.60.